The molecule has 4 N–H and O–H groups in total. The largest absolute Gasteiger partial charge is 0.334 e. The van der Waals surface area contributed by atoms with Gasteiger partial charge in [-0.15, -0.1) is 0 Å². The molecule has 0 aromatic heterocycles. The molecular weight excluding hydrogens is 266 g/mol. The number of piperidine rings is 1. The number of likely N-dealkylation sites (tertiary alicyclic amines) is 1. The topological polar surface area (TPSA) is 94.6 Å². The Hall–Kier alpha value is -2.21. The summed E-state index contributed by atoms with van der Waals surface area (Å²) in [5, 5.41) is 10.8. The zero-order valence-electron chi connectivity index (χ0n) is 12.1. The first-order valence-corrected chi connectivity index (χ1v) is 7.07. The smallest absolute Gasteiger partial charge is 0.256 e. The standard InChI is InChI=1S/C15H21N5O/c1-11-6-7-12(17)10-20(11)15(21)13-4-2-3-5-14(13)19-18-9-8-16/h2-5,8-9,11-12,16,19H,6-7,10,17H2,1H3/b16-8?,18-9-/t11-,12-/m1/s1. The van der Waals surface area contributed by atoms with Gasteiger partial charge in [-0.05, 0) is 31.9 Å². The van der Waals surface area contributed by atoms with Crippen molar-refractivity contribution >= 4 is 24.0 Å². The van der Waals surface area contributed by atoms with Crippen LogP contribution in [0.5, 0.6) is 0 Å². The number of carbonyl (C=O) groups is 1. The molecule has 6 heteroatoms. The van der Waals surface area contributed by atoms with Gasteiger partial charge in [-0.25, -0.2) is 0 Å². The number of amides is 1. The molecule has 0 bridgehead atoms. The van der Waals surface area contributed by atoms with Crippen LogP contribution < -0.4 is 11.2 Å². The number of benzene rings is 1. The minimum atomic E-state index is -0.0363. The first-order valence-electron chi connectivity index (χ1n) is 7.07. The molecule has 0 unspecified atom stereocenters. The van der Waals surface area contributed by atoms with Crippen LogP contribution in [0.4, 0.5) is 5.69 Å². The molecule has 1 aromatic carbocycles. The van der Waals surface area contributed by atoms with Crippen molar-refractivity contribution in [3.63, 3.8) is 0 Å². The zero-order chi connectivity index (χ0) is 15.2. The van der Waals surface area contributed by atoms with Gasteiger partial charge in [0.25, 0.3) is 5.91 Å². The van der Waals surface area contributed by atoms with Gasteiger partial charge in [0.15, 0.2) is 0 Å². The predicted molar refractivity (Wildman–Crippen MR) is 85.0 cm³/mol. The van der Waals surface area contributed by atoms with Gasteiger partial charge in [0.2, 0.25) is 0 Å². The van der Waals surface area contributed by atoms with Gasteiger partial charge < -0.3 is 16.0 Å². The van der Waals surface area contributed by atoms with Gasteiger partial charge in [-0.3, -0.25) is 10.2 Å². The predicted octanol–water partition coefficient (Wildman–Crippen LogP) is 1.69. The van der Waals surface area contributed by atoms with Gasteiger partial charge in [-0.2, -0.15) is 5.10 Å². The molecule has 1 saturated heterocycles. The minimum absolute atomic E-state index is 0.0363. The highest BCUT2D eigenvalue weighted by Crippen LogP contribution is 2.22. The zero-order valence-corrected chi connectivity index (χ0v) is 12.1. The van der Waals surface area contributed by atoms with E-state index in [9.17, 15) is 4.79 Å². The lowest BCUT2D eigenvalue weighted by molar-refractivity contribution is 0.0613. The van der Waals surface area contributed by atoms with Crippen LogP contribution in [0, 0.1) is 5.41 Å². The van der Waals surface area contributed by atoms with Gasteiger partial charge in [0.05, 0.1) is 17.5 Å². The van der Waals surface area contributed by atoms with Crippen molar-refractivity contribution in [3.05, 3.63) is 29.8 Å². The highest BCUT2D eigenvalue weighted by atomic mass is 16.2. The quantitative estimate of drug-likeness (QED) is 0.581. The van der Waals surface area contributed by atoms with Crippen molar-refractivity contribution in [2.24, 2.45) is 10.8 Å². The summed E-state index contributed by atoms with van der Waals surface area (Å²) >= 11 is 0. The molecule has 21 heavy (non-hydrogen) atoms. The van der Waals surface area contributed by atoms with Gasteiger partial charge in [0, 0.05) is 24.8 Å². The average Bonchev–Trinajstić information content (AvgIpc) is 2.50. The lowest BCUT2D eigenvalue weighted by Gasteiger charge is -2.37. The molecule has 2 rings (SSSR count). The number of hydrazone groups is 1. The number of nitrogens with zero attached hydrogens (tertiary/aromatic N) is 2. The van der Waals surface area contributed by atoms with Gasteiger partial charge in [-0.1, -0.05) is 12.1 Å². The molecule has 1 aromatic rings. The van der Waals surface area contributed by atoms with Crippen LogP contribution in [0.1, 0.15) is 30.1 Å². The molecule has 6 nitrogen and oxygen atoms in total. The first-order chi connectivity index (χ1) is 10.1. The van der Waals surface area contributed by atoms with Crippen LogP contribution in [0.3, 0.4) is 0 Å². The van der Waals surface area contributed by atoms with E-state index in [0.717, 1.165) is 19.1 Å². The Balaban J connectivity index is 2.21. The second-order valence-electron chi connectivity index (χ2n) is 5.25. The van der Waals surface area contributed by atoms with Gasteiger partial charge in [0.1, 0.15) is 0 Å². The van der Waals surface area contributed by atoms with Crippen molar-refractivity contribution < 1.29 is 4.79 Å². The fourth-order valence-electron chi connectivity index (χ4n) is 2.48. The van der Waals surface area contributed by atoms with E-state index in [4.69, 9.17) is 11.1 Å². The summed E-state index contributed by atoms with van der Waals surface area (Å²) in [6.45, 7) is 2.63. The fourth-order valence-corrected chi connectivity index (χ4v) is 2.48. The summed E-state index contributed by atoms with van der Waals surface area (Å²) in [4.78, 5) is 14.6. The van der Waals surface area contributed by atoms with Crippen LogP contribution in [0.2, 0.25) is 0 Å². The van der Waals surface area contributed by atoms with E-state index in [1.54, 1.807) is 12.1 Å². The first kappa shape index (κ1) is 15.2. The number of hydrogen-bond donors (Lipinski definition) is 3. The Morgan fingerprint density at radius 3 is 3.00 bits per heavy atom. The molecule has 2 atom stereocenters. The second-order valence-corrected chi connectivity index (χ2v) is 5.25. The van der Waals surface area contributed by atoms with Crippen molar-refractivity contribution in [2.75, 3.05) is 12.0 Å². The Kier molecular flexibility index (Phi) is 5.05. The number of nitrogens with two attached hydrogens (primary N) is 1. The molecule has 0 spiro atoms. The third-order valence-corrected chi connectivity index (χ3v) is 3.67. The lowest BCUT2D eigenvalue weighted by Crippen LogP contribution is -2.50. The number of nitrogens with one attached hydrogen (secondary N) is 2. The highest BCUT2D eigenvalue weighted by molar-refractivity contribution is 6.14. The number of rotatable bonds is 4. The van der Waals surface area contributed by atoms with Crippen molar-refractivity contribution in [1.82, 2.24) is 4.90 Å². The Morgan fingerprint density at radius 2 is 2.24 bits per heavy atom. The number of anilines is 1. The van der Waals surface area contributed by atoms with Crippen molar-refractivity contribution in [3.8, 4) is 0 Å². The van der Waals surface area contributed by atoms with Crippen LogP contribution in [0.25, 0.3) is 0 Å². The van der Waals surface area contributed by atoms with Crippen molar-refractivity contribution in [1.29, 1.82) is 5.41 Å². The van der Waals surface area contributed by atoms with E-state index in [2.05, 4.69) is 10.5 Å². The molecule has 1 amide bonds. The van der Waals surface area contributed by atoms with E-state index < -0.39 is 0 Å². The van der Waals surface area contributed by atoms with Crippen LogP contribution in [0.15, 0.2) is 29.4 Å². The second kappa shape index (κ2) is 6.99. The molecule has 112 valence electrons. The van der Waals surface area contributed by atoms with Crippen LogP contribution in [-0.2, 0) is 0 Å². The lowest BCUT2D eigenvalue weighted by atomic mass is 9.98. The van der Waals surface area contributed by atoms with Crippen LogP contribution >= 0.6 is 0 Å². The third-order valence-electron chi connectivity index (χ3n) is 3.67. The number of carbonyl (C=O) groups excluding carboxylic acids is 1. The summed E-state index contributed by atoms with van der Waals surface area (Å²) < 4.78 is 0. The monoisotopic (exact) mass is 287 g/mol. The molecule has 1 heterocycles. The Bertz CT molecular complexity index is 543. The molecular formula is C15H21N5O. The Morgan fingerprint density at radius 1 is 1.48 bits per heavy atom. The molecule has 0 saturated carbocycles. The summed E-state index contributed by atoms with van der Waals surface area (Å²) in [7, 11) is 0. The summed E-state index contributed by atoms with van der Waals surface area (Å²) in [6.07, 6.45) is 4.27. The van der Waals surface area contributed by atoms with Gasteiger partial charge >= 0.3 is 0 Å². The molecule has 1 fully saturated rings. The normalized spacial score (nSPS) is 22.3. The van der Waals surface area contributed by atoms with E-state index in [1.807, 2.05) is 24.0 Å². The summed E-state index contributed by atoms with van der Waals surface area (Å²) in [5.74, 6) is -0.0363. The minimum Gasteiger partial charge on any atom is -0.334 e. The number of para-hydroxylation sites is 1. The average molecular weight is 287 g/mol. The highest BCUT2D eigenvalue weighted by Gasteiger charge is 2.28. The van der Waals surface area contributed by atoms with E-state index in [1.165, 1.54) is 6.21 Å². The van der Waals surface area contributed by atoms with E-state index in [0.29, 0.717) is 17.8 Å². The fraction of sp³-hybridized carbons (Fsp3) is 0.400. The maximum Gasteiger partial charge on any atom is 0.256 e. The van der Waals surface area contributed by atoms with E-state index >= 15 is 0 Å². The van der Waals surface area contributed by atoms with E-state index in [-0.39, 0.29) is 18.0 Å². The molecule has 0 aliphatic carbocycles. The number of hydrogen-bond acceptors (Lipinski definition) is 5. The Labute approximate surface area is 124 Å². The maximum absolute atomic E-state index is 12.7. The molecule has 1 aliphatic rings. The third kappa shape index (κ3) is 3.66. The molecule has 0 radical (unpaired) electrons. The summed E-state index contributed by atoms with van der Waals surface area (Å²) in [5.41, 5.74) is 9.98. The molecule has 1 aliphatic heterocycles. The van der Waals surface area contributed by atoms with Crippen LogP contribution in [-0.4, -0.2) is 41.9 Å². The van der Waals surface area contributed by atoms with Crippen molar-refractivity contribution in [2.45, 2.75) is 31.8 Å². The summed E-state index contributed by atoms with van der Waals surface area (Å²) in [6, 6.07) is 7.47. The maximum atomic E-state index is 12.7. The SMILES string of the molecule is C[C@@H]1CC[C@@H](N)CN1C(=O)c1ccccc1N/N=C\C=N.